The van der Waals surface area contributed by atoms with E-state index in [1.807, 2.05) is 0 Å². The molecule has 0 unspecified atom stereocenters. The molecule has 1 rings (SSSR count). The highest BCUT2D eigenvalue weighted by atomic mass is 16.6. The van der Waals surface area contributed by atoms with Gasteiger partial charge >= 0.3 is 6.09 Å². The van der Waals surface area contributed by atoms with Crippen molar-refractivity contribution in [1.82, 2.24) is 5.32 Å². The van der Waals surface area contributed by atoms with Crippen LogP contribution in [0.25, 0.3) is 0 Å². The molecule has 5 nitrogen and oxygen atoms in total. The van der Waals surface area contributed by atoms with Crippen LogP contribution in [0.3, 0.4) is 0 Å². The van der Waals surface area contributed by atoms with Crippen LogP contribution in [0.15, 0.2) is 24.3 Å². The number of hydrogen-bond acceptors (Lipinski definition) is 4. The summed E-state index contributed by atoms with van der Waals surface area (Å²) in [5.74, 6) is 1.22. The number of carbonyl (C=O) groups is 1. The number of benzene rings is 1. The SMILES string of the molecule is CNC(=O)Oc1ccc(OCCCOC)cc1. The van der Waals surface area contributed by atoms with Crippen molar-refractivity contribution in [1.29, 1.82) is 0 Å². The molecule has 0 saturated heterocycles. The maximum atomic E-state index is 10.9. The van der Waals surface area contributed by atoms with Gasteiger partial charge in [-0.05, 0) is 24.3 Å². The summed E-state index contributed by atoms with van der Waals surface area (Å²) in [7, 11) is 3.17. The number of ether oxygens (including phenoxy) is 3. The molecule has 0 aromatic heterocycles. The summed E-state index contributed by atoms with van der Waals surface area (Å²) < 4.78 is 15.3. The first-order valence-electron chi connectivity index (χ1n) is 5.37. The van der Waals surface area contributed by atoms with E-state index in [9.17, 15) is 4.79 Å². The van der Waals surface area contributed by atoms with Crippen LogP contribution in [0.5, 0.6) is 11.5 Å². The van der Waals surface area contributed by atoms with Crippen LogP contribution in [0.1, 0.15) is 6.42 Å². The summed E-state index contributed by atoms with van der Waals surface area (Å²) in [6.45, 7) is 1.28. The van der Waals surface area contributed by atoms with Crippen LogP contribution in [0, 0.1) is 0 Å². The van der Waals surface area contributed by atoms with Crippen LogP contribution >= 0.6 is 0 Å². The molecule has 0 saturated carbocycles. The van der Waals surface area contributed by atoms with E-state index in [0.29, 0.717) is 19.0 Å². The lowest BCUT2D eigenvalue weighted by atomic mass is 10.3. The highest BCUT2D eigenvalue weighted by Gasteiger charge is 2.01. The van der Waals surface area contributed by atoms with Crippen LogP contribution in [-0.4, -0.2) is 33.5 Å². The lowest BCUT2D eigenvalue weighted by Gasteiger charge is -2.07. The topological polar surface area (TPSA) is 56.8 Å². The molecule has 17 heavy (non-hydrogen) atoms. The lowest BCUT2D eigenvalue weighted by molar-refractivity contribution is 0.172. The smallest absolute Gasteiger partial charge is 0.412 e. The van der Waals surface area contributed by atoms with Crippen LogP contribution in [-0.2, 0) is 4.74 Å². The van der Waals surface area contributed by atoms with Gasteiger partial charge in [-0.25, -0.2) is 4.79 Å². The molecule has 1 amide bonds. The average Bonchev–Trinajstić information content (AvgIpc) is 2.36. The van der Waals surface area contributed by atoms with Gasteiger partial charge in [-0.15, -0.1) is 0 Å². The van der Waals surface area contributed by atoms with Gasteiger partial charge in [0.1, 0.15) is 11.5 Å². The number of amides is 1. The van der Waals surface area contributed by atoms with Gasteiger partial charge in [0.15, 0.2) is 0 Å². The summed E-state index contributed by atoms with van der Waals surface area (Å²) >= 11 is 0. The molecule has 0 aliphatic heterocycles. The first-order valence-corrected chi connectivity index (χ1v) is 5.37. The minimum absolute atomic E-state index is 0.480. The molecule has 0 aliphatic carbocycles. The van der Waals surface area contributed by atoms with Crippen molar-refractivity contribution < 1.29 is 19.0 Å². The molecule has 0 aliphatic rings. The van der Waals surface area contributed by atoms with Crippen LogP contribution in [0.2, 0.25) is 0 Å². The zero-order chi connectivity index (χ0) is 12.5. The predicted octanol–water partition coefficient (Wildman–Crippen LogP) is 1.82. The second-order valence-electron chi connectivity index (χ2n) is 3.31. The van der Waals surface area contributed by atoms with Crippen LogP contribution in [0.4, 0.5) is 4.79 Å². The first-order chi connectivity index (χ1) is 8.26. The molecule has 0 fully saturated rings. The van der Waals surface area contributed by atoms with E-state index >= 15 is 0 Å². The minimum atomic E-state index is -0.487. The molecular formula is C12H17NO4. The van der Waals surface area contributed by atoms with E-state index in [0.717, 1.165) is 12.2 Å². The van der Waals surface area contributed by atoms with Gasteiger partial charge in [-0.3, -0.25) is 0 Å². The summed E-state index contributed by atoms with van der Waals surface area (Å²) in [4.78, 5) is 10.9. The van der Waals surface area contributed by atoms with E-state index in [-0.39, 0.29) is 0 Å². The monoisotopic (exact) mass is 239 g/mol. The number of methoxy groups -OCH3 is 1. The third-order valence-electron chi connectivity index (χ3n) is 2.00. The van der Waals surface area contributed by atoms with Gasteiger partial charge in [-0.2, -0.15) is 0 Å². The van der Waals surface area contributed by atoms with Crippen molar-refractivity contribution in [3.8, 4) is 11.5 Å². The van der Waals surface area contributed by atoms with E-state index in [2.05, 4.69) is 5.32 Å². The zero-order valence-corrected chi connectivity index (χ0v) is 10.1. The molecule has 0 atom stereocenters. The second kappa shape index (κ2) is 7.51. The lowest BCUT2D eigenvalue weighted by Crippen LogP contribution is -2.21. The molecule has 0 spiro atoms. The van der Waals surface area contributed by atoms with Gasteiger partial charge in [0.25, 0.3) is 0 Å². The van der Waals surface area contributed by atoms with E-state index in [4.69, 9.17) is 14.2 Å². The second-order valence-corrected chi connectivity index (χ2v) is 3.31. The maximum Gasteiger partial charge on any atom is 0.412 e. The summed E-state index contributed by atoms with van der Waals surface area (Å²) in [5, 5.41) is 2.37. The molecule has 0 bridgehead atoms. The van der Waals surface area contributed by atoms with Gasteiger partial charge in [-0.1, -0.05) is 0 Å². The molecule has 0 heterocycles. The molecular weight excluding hydrogens is 222 g/mol. The Balaban J connectivity index is 2.36. The van der Waals surface area contributed by atoms with Gasteiger partial charge in [0.05, 0.1) is 6.61 Å². The molecule has 1 aromatic rings. The van der Waals surface area contributed by atoms with Gasteiger partial charge in [0.2, 0.25) is 0 Å². The fourth-order valence-electron chi connectivity index (χ4n) is 1.16. The van der Waals surface area contributed by atoms with Crippen molar-refractivity contribution in [2.75, 3.05) is 27.4 Å². The van der Waals surface area contributed by atoms with Gasteiger partial charge < -0.3 is 19.5 Å². The number of rotatable bonds is 6. The Morgan fingerprint density at radius 3 is 2.41 bits per heavy atom. The largest absolute Gasteiger partial charge is 0.494 e. The minimum Gasteiger partial charge on any atom is -0.494 e. The predicted molar refractivity (Wildman–Crippen MR) is 63.5 cm³/mol. The quantitative estimate of drug-likeness (QED) is 0.769. The maximum absolute atomic E-state index is 10.9. The van der Waals surface area contributed by atoms with Crippen molar-refractivity contribution in [2.45, 2.75) is 6.42 Å². The number of carbonyl (C=O) groups excluding carboxylic acids is 1. The summed E-state index contributed by atoms with van der Waals surface area (Å²) in [5.41, 5.74) is 0. The fourth-order valence-corrected chi connectivity index (χ4v) is 1.16. The Kier molecular flexibility index (Phi) is 5.88. The van der Waals surface area contributed by atoms with Crippen molar-refractivity contribution in [3.05, 3.63) is 24.3 Å². The van der Waals surface area contributed by atoms with Gasteiger partial charge in [0, 0.05) is 27.2 Å². The molecule has 0 radical (unpaired) electrons. The van der Waals surface area contributed by atoms with E-state index in [1.165, 1.54) is 7.05 Å². The van der Waals surface area contributed by atoms with E-state index in [1.54, 1.807) is 31.4 Å². The summed E-state index contributed by atoms with van der Waals surface area (Å²) in [6, 6.07) is 6.87. The first kappa shape index (κ1) is 13.3. The standard InChI is InChI=1S/C12H17NO4/c1-13-12(14)17-11-6-4-10(5-7-11)16-9-3-8-15-2/h4-7H,3,8-9H2,1-2H3,(H,13,14). The Hall–Kier alpha value is -1.75. The number of nitrogens with one attached hydrogen (secondary N) is 1. The Morgan fingerprint density at radius 2 is 1.82 bits per heavy atom. The fraction of sp³-hybridized carbons (Fsp3) is 0.417. The van der Waals surface area contributed by atoms with Crippen molar-refractivity contribution in [3.63, 3.8) is 0 Å². The molecule has 1 aromatic carbocycles. The third-order valence-corrected chi connectivity index (χ3v) is 2.00. The van der Waals surface area contributed by atoms with Crippen molar-refractivity contribution in [2.24, 2.45) is 0 Å². The highest BCUT2D eigenvalue weighted by Crippen LogP contribution is 2.17. The zero-order valence-electron chi connectivity index (χ0n) is 10.1. The molecule has 1 N–H and O–H groups in total. The van der Waals surface area contributed by atoms with Crippen LogP contribution < -0.4 is 14.8 Å². The molecule has 5 heteroatoms. The normalized spacial score (nSPS) is 9.76. The summed E-state index contributed by atoms with van der Waals surface area (Å²) in [6.07, 6.45) is 0.353. The average molecular weight is 239 g/mol. The Labute approximate surface area is 101 Å². The Bertz CT molecular complexity index is 337. The third kappa shape index (κ3) is 5.21. The number of hydrogen-bond donors (Lipinski definition) is 1. The van der Waals surface area contributed by atoms with E-state index < -0.39 is 6.09 Å². The Morgan fingerprint density at radius 1 is 1.18 bits per heavy atom. The highest BCUT2D eigenvalue weighted by molar-refractivity contribution is 5.69. The molecule has 94 valence electrons. The van der Waals surface area contributed by atoms with Crippen molar-refractivity contribution >= 4 is 6.09 Å².